The molecule has 0 radical (unpaired) electrons. The molecule has 284 valence electrons. The van der Waals surface area contributed by atoms with E-state index in [0.29, 0.717) is 0 Å². The topological polar surface area (TPSA) is 3.24 Å². The summed E-state index contributed by atoms with van der Waals surface area (Å²) in [5, 5.41) is 5.21. The Hall–Kier alpha value is -6.70. The summed E-state index contributed by atoms with van der Waals surface area (Å²) in [6.07, 6.45) is 0. The summed E-state index contributed by atoms with van der Waals surface area (Å²) in [6.45, 7) is 11.7. The zero-order valence-corrected chi connectivity index (χ0v) is 34.4. The first-order valence-corrected chi connectivity index (χ1v) is 21.0. The summed E-state index contributed by atoms with van der Waals surface area (Å²) in [5.41, 5.74) is 17.4. The van der Waals surface area contributed by atoms with E-state index in [9.17, 15) is 0 Å². The van der Waals surface area contributed by atoms with Crippen molar-refractivity contribution in [1.82, 2.24) is 0 Å². The molecule has 0 spiro atoms. The molecule has 1 heteroatoms. The second-order valence-corrected chi connectivity index (χ2v) is 18.1. The smallest absolute Gasteiger partial charge is 0.0714 e. The Morgan fingerprint density at radius 2 is 0.898 bits per heavy atom. The van der Waals surface area contributed by atoms with Crippen LogP contribution in [0, 0.1) is 0 Å². The van der Waals surface area contributed by atoms with Crippen LogP contribution in [0.15, 0.2) is 194 Å². The molecule has 0 bridgehead atoms. The summed E-state index contributed by atoms with van der Waals surface area (Å²) < 4.78 is 0. The van der Waals surface area contributed by atoms with Crippen LogP contribution < -0.4 is 4.90 Å². The summed E-state index contributed by atoms with van der Waals surface area (Å²) in [4.78, 5) is 2.47. The maximum atomic E-state index is 2.48. The van der Waals surface area contributed by atoms with Gasteiger partial charge in [-0.05, 0) is 125 Å². The van der Waals surface area contributed by atoms with Crippen molar-refractivity contribution < 1.29 is 0 Å². The zero-order chi connectivity index (χ0) is 40.1. The standard InChI is InChI=1S/C58H47N/c1-56(2,3)40-26-28-43(29-27-40)59(44-30-34-47-39(36-44)25-33-51-50-32-24-38-16-12-13-21-46(38)54(50)57(4,5)55(47)51)45-31-35-49-48-22-14-15-23-52(48)58(53(49)37-45,41-17-8-6-9-18-41)42-19-10-7-11-20-42/h6-37H,1-5H3. The fraction of sp³-hybridized carbons (Fsp3) is 0.138. The fourth-order valence-corrected chi connectivity index (χ4v) is 10.8. The highest BCUT2D eigenvalue weighted by Gasteiger charge is 2.46. The van der Waals surface area contributed by atoms with E-state index in [1.54, 1.807) is 0 Å². The molecule has 2 aliphatic rings. The van der Waals surface area contributed by atoms with Gasteiger partial charge >= 0.3 is 0 Å². The first-order valence-electron chi connectivity index (χ1n) is 21.0. The minimum atomic E-state index is -0.485. The Morgan fingerprint density at radius 3 is 1.58 bits per heavy atom. The molecule has 2 aliphatic carbocycles. The maximum absolute atomic E-state index is 2.48. The van der Waals surface area contributed by atoms with E-state index in [4.69, 9.17) is 0 Å². The molecule has 11 rings (SSSR count). The lowest BCUT2D eigenvalue weighted by Gasteiger charge is -2.35. The van der Waals surface area contributed by atoms with Crippen molar-refractivity contribution >= 4 is 38.6 Å². The Balaban J connectivity index is 1.13. The molecule has 59 heavy (non-hydrogen) atoms. The third-order valence-electron chi connectivity index (χ3n) is 13.4. The van der Waals surface area contributed by atoms with Crippen molar-refractivity contribution in [1.29, 1.82) is 0 Å². The molecule has 0 saturated heterocycles. The van der Waals surface area contributed by atoms with E-state index >= 15 is 0 Å². The van der Waals surface area contributed by atoms with Gasteiger partial charge in [-0.2, -0.15) is 0 Å². The number of benzene rings is 9. The van der Waals surface area contributed by atoms with Crippen LogP contribution in [-0.4, -0.2) is 0 Å². The van der Waals surface area contributed by atoms with Gasteiger partial charge in [-0.15, -0.1) is 0 Å². The summed E-state index contributed by atoms with van der Waals surface area (Å²) in [6, 6.07) is 73.0. The minimum absolute atomic E-state index is 0.0483. The average Bonchev–Trinajstić information content (AvgIpc) is 3.70. The van der Waals surface area contributed by atoms with Gasteiger partial charge in [-0.3, -0.25) is 0 Å². The van der Waals surface area contributed by atoms with Gasteiger partial charge in [0.15, 0.2) is 0 Å². The van der Waals surface area contributed by atoms with E-state index in [1.165, 1.54) is 82.7 Å². The fourth-order valence-electron chi connectivity index (χ4n) is 10.8. The molecule has 1 nitrogen and oxygen atoms in total. The molecule has 0 amide bonds. The van der Waals surface area contributed by atoms with Gasteiger partial charge < -0.3 is 4.90 Å². The second kappa shape index (κ2) is 12.9. The van der Waals surface area contributed by atoms with Gasteiger partial charge in [0, 0.05) is 22.5 Å². The van der Waals surface area contributed by atoms with E-state index in [0.717, 1.165) is 17.1 Å². The summed E-state index contributed by atoms with van der Waals surface area (Å²) >= 11 is 0. The molecule has 0 unspecified atom stereocenters. The number of fused-ring (bicyclic) bond motifs is 10. The quantitative estimate of drug-likeness (QED) is 0.169. The summed E-state index contributed by atoms with van der Waals surface area (Å²) in [7, 11) is 0. The van der Waals surface area contributed by atoms with Crippen molar-refractivity contribution in [2.24, 2.45) is 0 Å². The van der Waals surface area contributed by atoms with Crippen LogP contribution in [0.25, 0.3) is 43.8 Å². The third kappa shape index (κ3) is 5.17. The van der Waals surface area contributed by atoms with E-state index in [2.05, 4.69) is 234 Å². The molecule has 0 N–H and O–H groups in total. The first-order chi connectivity index (χ1) is 28.7. The first kappa shape index (κ1) is 35.5. The van der Waals surface area contributed by atoms with Crippen molar-refractivity contribution in [3.05, 3.63) is 233 Å². The van der Waals surface area contributed by atoms with E-state index in [1.807, 2.05) is 0 Å². The average molecular weight is 758 g/mol. The number of anilines is 3. The van der Waals surface area contributed by atoms with Crippen molar-refractivity contribution in [2.75, 3.05) is 4.90 Å². The Labute approximate surface area is 348 Å². The molecule has 0 heterocycles. The highest BCUT2D eigenvalue weighted by Crippen LogP contribution is 2.58. The second-order valence-electron chi connectivity index (χ2n) is 18.1. The Bertz CT molecular complexity index is 3050. The highest BCUT2D eigenvalue weighted by atomic mass is 15.1. The lowest BCUT2D eigenvalue weighted by Crippen LogP contribution is -2.28. The highest BCUT2D eigenvalue weighted by molar-refractivity contribution is 6.04. The van der Waals surface area contributed by atoms with Gasteiger partial charge in [-0.25, -0.2) is 0 Å². The molecule has 0 aliphatic heterocycles. The predicted octanol–water partition coefficient (Wildman–Crippen LogP) is 15.4. The molecule has 0 atom stereocenters. The molecule has 9 aromatic carbocycles. The Kier molecular flexibility index (Phi) is 7.75. The zero-order valence-electron chi connectivity index (χ0n) is 34.4. The largest absolute Gasteiger partial charge is 0.310 e. The number of rotatable bonds is 5. The van der Waals surface area contributed by atoms with Gasteiger partial charge in [-0.1, -0.05) is 192 Å². The number of nitrogens with zero attached hydrogens (tertiary/aromatic N) is 1. The molecule has 0 saturated carbocycles. The Morgan fingerprint density at radius 1 is 0.390 bits per heavy atom. The van der Waals surface area contributed by atoms with Crippen LogP contribution in [-0.2, 0) is 16.2 Å². The SMILES string of the molecule is CC(C)(C)c1ccc(N(c2ccc3c(c2)C(c2ccccc2)(c2ccccc2)c2ccccc2-3)c2ccc3c4c(ccc3c2)-c2ccc3ccccc3c2C4(C)C)cc1. The van der Waals surface area contributed by atoms with Gasteiger partial charge in [0.05, 0.1) is 5.41 Å². The van der Waals surface area contributed by atoms with Crippen LogP contribution in [0.5, 0.6) is 0 Å². The maximum Gasteiger partial charge on any atom is 0.0714 e. The number of hydrogen-bond donors (Lipinski definition) is 0. The minimum Gasteiger partial charge on any atom is -0.310 e. The lowest BCUT2D eigenvalue weighted by molar-refractivity contribution is 0.590. The monoisotopic (exact) mass is 757 g/mol. The van der Waals surface area contributed by atoms with Crippen LogP contribution in [0.1, 0.15) is 73.6 Å². The van der Waals surface area contributed by atoms with Gasteiger partial charge in [0.25, 0.3) is 0 Å². The van der Waals surface area contributed by atoms with Crippen LogP contribution in [0.4, 0.5) is 17.1 Å². The van der Waals surface area contributed by atoms with Crippen LogP contribution >= 0.6 is 0 Å². The number of hydrogen-bond acceptors (Lipinski definition) is 1. The molecular weight excluding hydrogens is 711 g/mol. The van der Waals surface area contributed by atoms with Gasteiger partial charge in [0.2, 0.25) is 0 Å². The van der Waals surface area contributed by atoms with Crippen LogP contribution in [0.3, 0.4) is 0 Å². The molecular formula is C58H47N. The van der Waals surface area contributed by atoms with E-state index in [-0.39, 0.29) is 10.8 Å². The van der Waals surface area contributed by atoms with Crippen molar-refractivity contribution in [3.8, 4) is 22.3 Å². The summed E-state index contributed by atoms with van der Waals surface area (Å²) in [5.74, 6) is 0. The van der Waals surface area contributed by atoms with E-state index < -0.39 is 5.41 Å². The van der Waals surface area contributed by atoms with Gasteiger partial charge in [0.1, 0.15) is 0 Å². The van der Waals surface area contributed by atoms with Crippen LogP contribution in [0.2, 0.25) is 0 Å². The molecule has 0 aromatic heterocycles. The van der Waals surface area contributed by atoms with Crippen molar-refractivity contribution in [3.63, 3.8) is 0 Å². The molecule has 0 fully saturated rings. The third-order valence-corrected chi connectivity index (χ3v) is 13.4. The van der Waals surface area contributed by atoms with Crippen molar-refractivity contribution in [2.45, 2.75) is 50.9 Å². The normalized spacial score (nSPS) is 14.5. The predicted molar refractivity (Wildman–Crippen MR) is 250 cm³/mol. The lowest BCUT2D eigenvalue weighted by atomic mass is 9.67. The molecule has 9 aromatic rings.